The van der Waals surface area contributed by atoms with Gasteiger partial charge in [0.25, 0.3) is 11.8 Å². The van der Waals surface area contributed by atoms with Crippen LogP contribution in [0.2, 0.25) is 0 Å². The van der Waals surface area contributed by atoms with Crippen LogP contribution in [0.4, 0.5) is 15.2 Å². The van der Waals surface area contributed by atoms with Crippen molar-refractivity contribution in [2.24, 2.45) is 5.16 Å². The summed E-state index contributed by atoms with van der Waals surface area (Å²) in [5.74, 6) is -4.15. The highest BCUT2D eigenvalue weighted by molar-refractivity contribution is 8.00. The zero-order chi connectivity index (χ0) is 40.5. The molecule has 0 spiro atoms. The van der Waals surface area contributed by atoms with Crippen molar-refractivity contribution in [1.29, 1.82) is 0 Å². The minimum absolute atomic E-state index is 0.0287. The summed E-state index contributed by atoms with van der Waals surface area (Å²) < 4.78 is 33.3. The van der Waals surface area contributed by atoms with Gasteiger partial charge in [0.15, 0.2) is 10.8 Å². The number of fused-ring (bicyclic) bond motifs is 4. The van der Waals surface area contributed by atoms with Gasteiger partial charge < -0.3 is 44.9 Å². The predicted molar refractivity (Wildman–Crippen MR) is 208 cm³/mol. The number of nitrogens with zero attached hydrogens (tertiary/aromatic N) is 5. The summed E-state index contributed by atoms with van der Waals surface area (Å²) in [7, 11) is 1.25. The van der Waals surface area contributed by atoms with E-state index in [2.05, 4.69) is 20.8 Å². The number of aromatic nitrogens is 2. The van der Waals surface area contributed by atoms with E-state index in [-0.39, 0.29) is 70.6 Å². The zero-order valence-electron chi connectivity index (χ0n) is 30.8. The second-order valence-corrected chi connectivity index (χ2v) is 16.4. The Morgan fingerprint density at radius 1 is 1.11 bits per heavy atom. The van der Waals surface area contributed by atoms with Crippen molar-refractivity contribution >= 4 is 92.0 Å². The van der Waals surface area contributed by atoms with Gasteiger partial charge in [-0.05, 0) is 19.1 Å². The first-order chi connectivity index (χ1) is 27.4. The van der Waals surface area contributed by atoms with Crippen molar-refractivity contribution < 1.29 is 47.4 Å². The molecule has 6 heterocycles. The van der Waals surface area contributed by atoms with Gasteiger partial charge in [0, 0.05) is 61.6 Å². The molecular weight excluding hydrogens is 808 g/mol. The molecule has 4 aliphatic heterocycles. The van der Waals surface area contributed by atoms with E-state index in [1.165, 1.54) is 53.9 Å². The lowest BCUT2D eigenvalue weighted by atomic mass is 10.0. The molecule has 4 N–H and O–H groups in total. The molecule has 0 aliphatic carbocycles. The van der Waals surface area contributed by atoms with Crippen LogP contribution in [0.15, 0.2) is 43.8 Å². The van der Waals surface area contributed by atoms with Crippen molar-refractivity contribution in [2.75, 3.05) is 69.5 Å². The number of hydrogen-bond acceptors (Lipinski definition) is 18. The van der Waals surface area contributed by atoms with Crippen LogP contribution in [0.1, 0.15) is 41.7 Å². The molecule has 2 aromatic heterocycles. The second-order valence-electron chi connectivity index (χ2n) is 13.1. The van der Waals surface area contributed by atoms with Crippen molar-refractivity contribution in [1.82, 2.24) is 25.1 Å². The number of thioether (sulfide) groups is 2. The van der Waals surface area contributed by atoms with Gasteiger partial charge in [0.05, 0.1) is 34.8 Å². The largest absolute Gasteiger partial charge is 0.462 e. The van der Waals surface area contributed by atoms with Crippen molar-refractivity contribution in [3.05, 3.63) is 56.1 Å². The number of nitrogen functional groups attached to an aromatic ring is 1. The van der Waals surface area contributed by atoms with Crippen LogP contribution in [-0.4, -0.2) is 120 Å². The number of ether oxygens (including phenoxy) is 3. The van der Waals surface area contributed by atoms with Crippen molar-refractivity contribution in [3.8, 4) is 0 Å². The van der Waals surface area contributed by atoms with Crippen LogP contribution >= 0.6 is 34.9 Å². The number of thiazole rings is 1. The van der Waals surface area contributed by atoms with E-state index in [0.717, 1.165) is 11.3 Å². The molecule has 7 rings (SSSR count). The summed E-state index contributed by atoms with van der Waals surface area (Å²) >= 11 is 3.66. The average Bonchev–Trinajstić information content (AvgIpc) is 3.62. The van der Waals surface area contributed by atoms with Gasteiger partial charge in [0.1, 0.15) is 47.9 Å². The topological polar surface area (TPSA) is 226 Å². The smallest absolute Gasteiger partial charge is 0.355 e. The van der Waals surface area contributed by atoms with Gasteiger partial charge >= 0.3 is 17.9 Å². The summed E-state index contributed by atoms with van der Waals surface area (Å²) in [6.45, 7) is 5.01. The summed E-state index contributed by atoms with van der Waals surface area (Å²) in [4.78, 5) is 90.6. The number of β-lactam (4-membered cyclic amide) rings is 1. The summed E-state index contributed by atoms with van der Waals surface area (Å²) in [5, 5.41) is 11.0. The maximum atomic E-state index is 15.4. The number of halogens is 1. The molecule has 3 aromatic rings. The lowest BCUT2D eigenvalue weighted by molar-refractivity contribution is -0.153. The number of carbonyl (C=O) groups is 5. The number of piperazine rings is 1. The minimum atomic E-state index is -1.05. The third-order valence-electron chi connectivity index (χ3n) is 9.43. The van der Waals surface area contributed by atoms with Crippen molar-refractivity contribution in [3.63, 3.8) is 0 Å². The minimum Gasteiger partial charge on any atom is -0.462 e. The van der Waals surface area contributed by atoms with Gasteiger partial charge in [-0.15, -0.1) is 23.1 Å². The first-order valence-corrected chi connectivity index (χ1v) is 20.5. The quantitative estimate of drug-likeness (QED) is 0.0554. The Morgan fingerprint density at radius 2 is 1.84 bits per heavy atom. The number of nitrogens with two attached hydrogens (primary N) is 1. The first-order valence-electron chi connectivity index (χ1n) is 17.7. The number of carbonyl (C=O) groups excluding carboxylic acids is 5. The molecule has 2 saturated heterocycles. The number of amides is 2. The Kier molecular flexibility index (Phi) is 11.7. The molecule has 4 aliphatic rings. The fourth-order valence-corrected chi connectivity index (χ4v) is 9.79. The van der Waals surface area contributed by atoms with E-state index < -0.39 is 52.4 Å². The van der Waals surface area contributed by atoms with Crippen LogP contribution in [0.25, 0.3) is 10.9 Å². The third kappa shape index (κ3) is 7.77. The van der Waals surface area contributed by atoms with E-state index in [1.807, 2.05) is 16.4 Å². The maximum Gasteiger partial charge on any atom is 0.355 e. The van der Waals surface area contributed by atoms with E-state index in [9.17, 15) is 28.8 Å². The standard InChI is InChI=1S/C35H37FN8O10S3/c1-16-43-22-12-23(42-7-5-38-6-8-42)20(36)11-19(22)28(46)24(31(43)57-16)33(49)52-9-4-10-53-34(50)27-18(13-54-17(2)45)14-55-32-26(30(48)44(27)32)40-29(47)25(41-51-3)21-15-56-35(37)39-21/h11-12,15-16,26,32,38H,4-10,13-14H2,1-3H3,(H2,37,39)(H,40,47)/b41-25-/t16?,26-,32-/m1/s1. The predicted octanol–water partition coefficient (Wildman–Crippen LogP) is 1.57. The number of esters is 3. The number of anilines is 2. The monoisotopic (exact) mass is 844 g/mol. The lowest BCUT2D eigenvalue weighted by Gasteiger charge is -2.49. The fourth-order valence-electron chi connectivity index (χ4n) is 6.77. The average molecular weight is 845 g/mol. The van der Waals surface area contributed by atoms with Crippen LogP contribution in [0.5, 0.6) is 0 Å². The molecule has 57 heavy (non-hydrogen) atoms. The SMILES string of the molecule is CO/N=C(\C(=O)N[C@@H]1C(=O)N2C(C(=O)OCCCOC(=O)c3c4n(c5cc(N6CCNCC6)c(F)cc5c3=O)C(C)S4)=C(COC(C)=O)CS[C@H]12)c1csc(N)n1. The second kappa shape index (κ2) is 16.7. The molecule has 0 radical (unpaired) electrons. The summed E-state index contributed by atoms with van der Waals surface area (Å²) in [6, 6.07) is 1.79. The molecule has 302 valence electrons. The Morgan fingerprint density at radius 3 is 2.51 bits per heavy atom. The molecule has 22 heteroatoms. The molecule has 0 bridgehead atoms. The molecule has 3 atom stereocenters. The van der Waals surface area contributed by atoms with Gasteiger partial charge in [-0.3, -0.25) is 24.1 Å². The molecule has 2 fully saturated rings. The Bertz CT molecular complexity index is 2290. The molecule has 0 saturated carbocycles. The van der Waals surface area contributed by atoms with Gasteiger partial charge in [-0.1, -0.05) is 16.9 Å². The van der Waals surface area contributed by atoms with Crippen molar-refractivity contribution in [2.45, 2.75) is 42.1 Å². The van der Waals surface area contributed by atoms with E-state index in [1.54, 1.807) is 6.07 Å². The zero-order valence-corrected chi connectivity index (χ0v) is 33.3. The van der Waals surface area contributed by atoms with Gasteiger partial charge in [0.2, 0.25) is 5.43 Å². The number of pyridine rings is 1. The van der Waals surface area contributed by atoms with Gasteiger partial charge in [-0.2, -0.15) is 0 Å². The number of benzene rings is 1. The summed E-state index contributed by atoms with van der Waals surface area (Å²) in [5.41, 5.74) is 5.93. The highest BCUT2D eigenvalue weighted by atomic mass is 32.2. The maximum absolute atomic E-state index is 15.4. The number of nitrogens with one attached hydrogen (secondary N) is 2. The van der Waals surface area contributed by atoms with E-state index in [0.29, 0.717) is 48.0 Å². The Hall–Kier alpha value is -5.19. The number of oxime groups is 1. The molecular formula is C35H37FN8O10S3. The molecule has 1 unspecified atom stereocenters. The Labute approximate surface area is 336 Å². The highest BCUT2D eigenvalue weighted by Gasteiger charge is 2.55. The van der Waals surface area contributed by atoms with Gasteiger partial charge in [-0.25, -0.2) is 19.0 Å². The number of rotatable bonds is 13. The number of hydrogen-bond donors (Lipinski definition) is 3. The van der Waals surface area contributed by atoms with Crippen LogP contribution in [0, 0.1) is 5.82 Å². The molecule has 18 nitrogen and oxygen atoms in total. The fraction of sp³-hybridized carbons (Fsp3) is 0.429. The first kappa shape index (κ1) is 40.0. The van der Waals surface area contributed by atoms with E-state index in [4.69, 9.17) is 24.8 Å². The molecule has 1 aromatic carbocycles. The summed E-state index contributed by atoms with van der Waals surface area (Å²) in [6.07, 6.45) is 0.0287. The Balaban J connectivity index is 0.995. The van der Waals surface area contributed by atoms with Crippen LogP contribution < -0.4 is 26.7 Å². The van der Waals surface area contributed by atoms with E-state index >= 15 is 4.39 Å². The molecule has 2 amide bonds. The highest BCUT2D eigenvalue weighted by Crippen LogP contribution is 2.47. The lowest BCUT2D eigenvalue weighted by Crippen LogP contribution is -2.71. The van der Waals surface area contributed by atoms with Crippen LogP contribution in [-0.2, 0) is 38.2 Å². The third-order valence-corrected chi connectivity index (χ3v) is 12.6. The van der Waals surface area contributed by atoms with Crippen LogP contribution in [0.3, 0.4) is 0 Å². The normalized spacial score (nSPS) is 20.2.